The summed E-state index contributed by atoms with van der Waals surface area (Å²) in [6.07, 6.45) is 15.5. The van der Waals surface area contributed by atoms with E-state index in [1.54, 1.807) is 0 Å². The first-order chi connectivity index (χ1) is 8.66. The molecule has 3 nitrogen and oxygen atoms in total. The number of hydrogen-bond donors (Lipinski definition) is 0. The van der Waals surface area contributed by atoms with Crippen molar-refractivity contribution >= 4 is 10.1 Å². The van der Waals surface area contributed by atoms with Crippen LogP contribution in [-0.2, 0) is 30.5 Å². The molecule has 1 aliphatic rings. The Bertz CT molecular complexity index is 361. The van der Waals surface area contributed by atoms with Crippen LogP contribution in [0.25, 0.3) is 0 Å². The summed E-state index contributed by atoms with van der Waals surface area (Å²) < 4.78 is 58.9. The first-order valence-electron chi connectivity index (χ1n) is 5.39. The van der Waals surface area contributed by atoms with Crippen LogP contribution in [-0.4, -0.2) is 18.5 Å². The van der Waals surface area contributed by atoms with Crippen molar-refractivity contribution < 1.29 is 46.6 Å². The molecular weight excluding hydrogens is 388 g/mol. The quantitative estimate of drug-likeness (QED) is 0.203. The predicted molar refractivity (Wildman–Crippen MR) is 68.1 cm³/mol. The number of allylic oxidation sites excluding steroid dienone is 5. The summed E-state index contributed by atoms with van der Waals surface area (Å²) in [6, 6.07) is 0. The fourth-order valence-electron chi connectivity index (χ4n) is 0.856. The maximum Gasteiger partial charge on any atom is 2.00 e. The summed E-state index contributed by atoms with van der Waals surface area (Å²) in [4.78, 5) is 0. The second-order valence-electron chi connectivity index (χ2n) is 3.29. The van der Waals surface area contributed by atoms with Crippen molar-refractivity contribution in [3.8, 4) is 0 Å². The van der Waals surface area contributed by atoms with Crippen molar-refractivity contribution in [1.82, 2.24) is 0 Å². The van der Waals surface area contributed by atoms with E-state index in [1.807, 2.05) is 0 Å². The first kappa shape index (κ1) is 24.5. The molecule has 0 fully saturated rings. The molecule has 0 amide bonds. The molecular formula is C12H17F3O3PdS. The number of halogens is 3. The van der Waals surface area contributed by atoms with Crippen LogP contribution in [0.4, 0.5) is 13.2 Å². The molecule has 0 bridgehead atoms. The van der Waals surface area contributed by atoms with E-state index in [1.165, 1.54) is 31.8 Å². The Kier molecular flexibility index (Phi) is 16.4. The van der Waals surface area contributed by atoms with E-state index in [2.05, 4.69) is 37.8 Å². The van der Waals surface area contributed by atoms with Crippen LogP contribution in [0.15, 0.2) is 37.0 Å². The van der Waals surface area contributed by atoms with Gasteiger partial charge in [-0.15, -0.1) is 0 Å². The summed E-state index contributed by atoms with van der Waals surface area (Å²) in [7, 11) is -6.09. The SMILES string of the molecule is C1=CCC/C=C\CC1.C=C[CH2-].O=S(=O)([O-])C(F)(F)F.[Pd+2]. The zero-order valence-electron chi connectivity index (χ0n) is 10.7. The van der Waals surface area contributed by atoms with Crippen molar-refractivity contribution in [1.29, 1.82) is 0 Å². The summed E-state index contributed by atoms with van der Waals surface area (Å²) in [5.74, 6) is 0. The van der Waals surface area contributed by atoms with E-state index < -0.39 is 15.6 Å². The van der Waals surface area contributed by atoms with Crippen LogP contribution in [0.5, 0.6) is 0 Å². The van der Waals surface area contributed by atoms with Gasteiger partial charge >= 0.3 is 25.9 Å². The van der Waals surface area contributed by atoms with Crippen molar-refractivity contribution in [3.05, 3.63) is 43.9 Å². The third kappa shape index (κ3) is 17.5. The Balaban J connectivity index is -0.000000232. The molecule has 0 unspecified atom stereocenters. The molecule has 0 radical (unpaired) electrons. The van der Waals surface area contributed by atoms with Gasteiger partial charge in [0.15, 0.2) is 10.1 Å². The van der Waals surface area contributed by atoms with Gasteiger partial charge < -0.3 is 4.55 Å². The Morgan fingerprint density at radius 2 is 1.20 bits per heavy atom. The predicted octanol–water partition coefficient (Wildman–Crippen LogP) is 3.73. The van der Waals surface area contributed by atoms with Gasteiger partial charge in [0.2, 0.25) is 0 Å². The zero-order valence-corrected chi connectivity index (χ0v) is 13.1. The van der Waals surface area contributed by atoms with Gasteiger partial charge in [-0.1, -0.05) is 24.3 Å². The Morgan fingerprint density at radius 3 is 1.30 bits per heavy atom. The number of alkyl halides is 3. The van der Waals surface area contributed by atoms with Crippen molar-refractivity contribution in [3.63, 3.8) is 0 Å². The van der Waals surface area contributed by atoms with Gasteiger partial charge in [-0.3, -0.25) is 0 Å². The topological polar surface area (TPSA) is 57.2 Å². The summed E-state index contributed by atoms with van der Waals surface area (Å²) in [6.45, 7) is 6.50. The zero-order chi connectivity index (χ0) is 15.4. The average molecular weight is 405 g/mol. The van der Waals surface area contributed by atoms with Gasteiger partial charge in [-0.2, -0.15) is 13.2 Å². The van der Waals surface area contributed by atoms with Crippen LogP contribution in [0.1, 0.15) is 25.7 Å². The van der Waals surface area contributed by atoms with E-state index in [-0.39, 0.29) is 20.4 Å². The normalized spacial score (nSPS) is 15.8. The van der Waals surface area contributed by atoms with Crippen LogP contribution in [0.2, 0.25) is 0 Å². The van der Waals surface area contributed by atoms with Crippen LogP contribution in [0.3, 0.4) is 0 Å². The fraction of sp³-hybridized carbons (Fsp3) is 0.417. The first-order valence-corrected chi connectivity index (χ1v) is 6.80. The second kappa shape index (κ2) is 13.4. The molecule has 0 saturated carbocycles. The molecule has 0 aromatic heterocycles. The molecule has 1 rings (SSSR count). The molecule has 1 aliphatic carbocycles. The van der Waals surface area contributed by atoms with Crippen molar-refractivity contribution in [2.75, 3.05) is 0 Å². The number of hydrogen-bond acceptors (Lipinski definition) is 3. The molecule has 0 saturated heterocycles. The van der Waals surface area contributed by atoms with E-state index in [9.17, 15) is 13.2 Å². The molecule has 0 aromatic rings. The average Bonchev–Trinajstić information content (AvgIpc) is 2.14. The molecule has 20 heavy (non-hydrogen) atoms. The van der Waals surface area contributed by atoms with Crippen LogP contribution >= 0.6 is 0 Å². The fourth-order valence-corrected chi connectivity index (χ4v) is 0.856. The largest absolute Gasteiger partial charge is 2.00 e. The Hall–Kier alpha value is -0.548. The molecule has 0 spiro atoms. The minimum atomic E-state index is -6.09. The maximum absolute atomic E-state index is 10.7. The summed E-state index contributed by atoms with van der Waals surface area (Å²) in [5, 5.41) is 0. The van der Waals surface area contributed by atoms with Gasteiger partial charge in [0.25, 0.3) is 0 Å². The minimum Gasteiger partial charge on any atom is -0.741 e. The van der Waals surface area contributed by atoms with Gasteiger partial charge in [0.05, 0.1) is 0 Å². The van der Waals surface area contributed by atoms with Gasteiger partial charge in [0, 0.05) is 0 Å². The van der Waals surface area contributed by atoms with E-state index in [4.69, 9.17) is 13.0 Å². The second-order valence-corrected chi connectivity index (χ2v) is 4.66. The van der Waals surface area contributed by atoms with Crippen molar-refractivity contribution in [2.45, 2.75) is 31.2 Å². The molecule has 0 aliphatic heterocycles. The maximum atomic E-state index is 10.7. The van der Waals surface area contributed by atoms with Gasteiger partial charge in [-0.05, 0) is 25.7 Å². The van der Waals surface area contributed by atoms with E-state index >= 15 is 0 Å². The van der Waals surface area contributed by atoms with Gasteiger partial charge in [0.1, 0.15) is 0 Å². The Morgan fingerprint density at radius 1 is 1.05 bits per heavy atom. The van der Waals surface area contributed by atoms with Gasteiger partial charge in [-0.25, -0.2) is 28.0 Å². The Labute approximate surface area is 132 Å². The standard InChI is InChI=1S/C8H12.C3H5.CHF3O3S.Pd/c1-2-4-6-8-7-5-3-1;1-3-2;2-1(3,4)8(5,6)7;/h1-2,7-8H,3-6H2;3H,1-2H2;(H,5,6,7);/q;-1;;+2/p-1/b2-1-,8-7?;;;. The van der Waals surface area contributed by atoms with E-state index in [0.29, 0.717) is 0 Å². The monoisotopic (exact) mass is 404 g/mol. The molecule has 0 aromatic carbocycles. The van der Waals surface area contributed by atoms with Crippen LogP contribution < -0.4 is 0 Å². The summed E-state index contributed by atoms with van der Waals surface area (Å²) >= 11 is 0. The third-order valence-electron chi connectivity index (χ3n) is 1.62. The minimum absolute atomic E-state index is 0. The molecule has 120 valence electrons. The molecule has 0 heterocycles. The van der Waals surface area contributed by atoms with Crippen molar-refractivity contribution in [2.24, 2.45) is 0 Å². The molecule has 0 N–H and O–H groups in total. The van der Waals surface area contributed by atoms with E-state index in [0.717, 1.165) is 0 Å². The third-order valence-corrected chi connectivity index (χ3v) is 2.18. The van der Waals surface area contributed by atoms with Crippen LogP contribution in [0, 0.1) is 6.92 Å². The molecule has 8 heteroatoms. The molecule has 0 atom stereocenters. The smallest absolute Gasteiger partial charge is 0.741 e. The summed E-state index contributed by atoms with van der Waals surface area (Å²) in [5.41, 5.74) is -5.65. The number of rotatable bonds is 0.